The molecule has 1 aromatic heterocycles. The second-order valence-corrected chi connectivity index (χ2v) is 5.24. The van der Waals surface area contributed by atoms with Crippen molar-refractivity contribution in [2.45, 2.75) is 19.4 Å². The zero-order chi connectivity index (χ0) is 13.7. The summed E-state index contributed by atoms with van der Waals surface area (Å²) in [5.41, 5.74) is 1.11. The van der Waals surface area contributed by atoms with Gasteiger partial charge in [0.1, 0.15) is 11.6 Å². The van der Waals surface area contributed by atoms with Crippen LogP contribution in [-0.2, 0) is 6.42 Å². The predicted molar refractivity (Wildman–Crippen MR) is 77.4 cm³/mol. The van der Waals surface area contributed by atoms with Crippen LogP contribution >= 0.6 is 11.3 Å². The first-order valence-corrected chi connectivity index (χ1v) is 7.21. The maximum atomic E-state index is 12.9. The molecule has 0 aliphatic heterocycles. The minimum absolute atomic E-state index is 0.197. The Balaban J connectivity index is 2.18. The van der Waals surface area contributed by atoms with Crippen LogP contribution < -0.4 is 10.1 Å². The van der Waals surface area contributed by atoms with E-state index in [0.29, 0.717) is 0 Å². The van der Waals surface area contributed by atoms with Crippen LogP contribution in [0.1, 0.15) is 23.4 Å². The molecule has 0 aliphatic rings. The van der Waals surface area contributed by atoms with Crippen molar-refractivity contribution in [2.24, 2.45) is 0 Å². The smallest absolute Gasteiger partial charge is 0.134 e. The molecule has 1 unspecified atom stereocenters. The van der Waals surface area contributed by atoms with E-state index < -0.39 is 0 Å². The SMILES string of the molecule is CCNC(Cc1ccc(F)cc1)c1sccc1OC. The minimum Gasteiger partial charge on any atom is -0.496 e. The number of benzene rings is 1. The summed E-state index contributed by atoms with van der Waals surface area (Å²) < 4.78 is 18.3. The summed E-state index contributed by atoms with van der Waals surface area (Å²) in [5.74, 6) is 0.718. The minimum atomic E-state index is -0.197. The highest BCUT2D eigenvalue weighted by molar-refractivity contribution is 7.10. The molecule has 0 aliphatic carbocycles. The molecular formula is C15H18FNOS. The fraction of sp³-hybridized carbons (Fsp3) is 0.333. The zero-order valence-corrected chi connectivity index (χ0v) is 12.0. The number of hydrogen-bond acceptors (Lipinski definition) is 3. The van der Waals surface area contributed by atoms with Gasteiger partial charge in [-0.3, -0.25) is 0 Å². The molecule has 1 aromatic carbocycles. The van der Waals surface area contributed by atoms with E-state index >= 15 is 0 Å². The Labute approximate surface area is 117 Å². The second kappa shape index (κ2) is 6.68. The topological polar surface area (TPSA) is 21.3 Å². The molecule has 0 saturated heterocycles. The van der Waals surface area contributed by atoms with E-state index in [1.807, 2.05) is 23.6 Å². The van der Waals surface area contributed by atoms with Crippen molar-refractivity contribution >= 4 is 11.3 Å². The van der Waals surface area contributed by atoms with Gasteiger partial charge < -0.3 is 10.1 Å². The largest absolute Gasteiger partial charge is 0.496 e. The predicted octanol–water partition coefficient (Wildman–Crippen LogP) is 3.79. The molecule has 0 radical (unpaired) electrons. The lowest BCUT2D eigenvalue weighted by Crippen LogP contribution is -2.22. The van der Waals surface area contributed by atoms with Gasteiger partial charge in [0.2, 0.25) is 0 Å². The van der Waals surface area contributed by atoms with E-state index in [1.165, 1.54) is 17.0 Å². The third kappa shape index (κ3) is 3.55. The maximum absolute atomic E-state index is 12.9. The Morgan fingerprint density at radius 3 is 2.63 bits per heavy atom. The average Bonchev–Trinajstić information content (AvgIpc) is 2.89. The first-order chi connectivity index (χ1) is 9.24. The van der Waals surface area contributed by atoms with Crippen LogP contribution in [0.4, 0.5) is 4.39 Å². The van der Waals surface area contributed by atoms with Crippen molar-refractivity contribution in [1.82, 2.24) is 5.32 Å². The van der Waals surface area contributed by atoms with E-state index in [4.69, 9.17) is 4.74 Å². The number of hydrogen-bond donors (Lipinski definition) is 1. The number of halogens is 1. The number of thiophene rings is 1. The molecule has 102 valence electrons. The summed E-state index contributed by atoms with van der Waals surface area (Å²) in [5, 5.41) is 5.49. The molecule has 1 heterocycles. The summed E-state index contributed by atoms with van der Waals surface area (Å²) >= 11 is 1.68. The number of nitrogens with one attached hydrogen (secondary N) is 1. The van der Waals surface area contributed by atoms with Crippen LogP contribution in [0.5, 0.6) is 5.75 Å². The standard InChI is InChI=1S/C15H18FNOS/c1-3-17-13(15-14(18-2)8-9-19-15)10-11-4-6-12(16)7-5-11/h4-9,13,17H,3,10H2,1-2H3. The molecule has 1 N–H and O–H groups in total. The van der Waals surface area contributed by atoms with Gasteiger partial charge in [0, 0.05) is 6.04 Å². The molecule has 1 atom stereocenters. The summed E-state index contributed by atoms with van der Waals surface area (Å²) in [4.78, 5) is 1.19. The molecule has 0 fully saturated rings. The Bertz CT molecular complexity index is 509. The molecule has 0 spiro atoms. The van der Waals surface area contributed by atoms with Gasteiger partial charge in [0.05, 0.1) is 12.0 Å². The number of rotatable bonds is 6. The zero-order valence-electron chi connectivity index (χ0n) is 11.2. The van der Waals surface area contributed by atoms with Gasteiger partial charge in [-0.05, 0) is 42.1 Å². The van der Waals surface area contributed by atoms with Gasteiger partial charge in [0.15, 0.2) is 0 Å². The van der Waals surface area contributed by atoms with Crippen molar-refractivity contribution in [3.63, 3.8) is 0 Å². The second-order valence-electron chi connectivity index (χ2n) is 4.29. The first-order valence-electron chi connectivity index (χ1n) is 6.33. The van der Waals surface area contributed by atoms with E-state index in [-0.39, 0.29) is 11.9 Å². The van der Waals surface area contributed by atoms with Crippen LogP contribution in [0.15, 0.2) is 35.7 Å². The molecule has 2 nitrogen and oxygen atoms in total. The van der Waals surface area contributed by atoms with Crippen molar-refractivity contribution in [2.75, 3.05) is 13.7 Å². The van der Waals surface area contributed by atoms with Gasteiger partial charge >= 0.3 is 0 Å². The fourth-order valence-electron chi connectivity index (χ4n) is 2.09. The van der Waals surface area contributed by atoms with Crippen molar-refractivity contribution < 1.29 is 9.13 Å². The van der Waals surface area contributed by atoms with Crippen molar-refractivity contribution in [3.05, 3.63) is 52.0 Å². The average molecular weight is 279 g/mol. The summed E-state index contributed by atoms with van der Waals surface area (Å²) in [6.45, 7) is 2.96. The highest BCUT2D eigenvalue weighted by Crippen LogP contribution is 2.32. The third-order valence-electron chi connectivity index (χ3n) is 3.00. The molecule has 2 aromatic rings. The Kier molecular flexibility index (Phi) is 4.93. The Morgan fingerprint density at radius 2 is 2.00 bits per heavy atom. The molecule has 0 amide bonds. The molecule has 4 heteroatoms. The molecular weight excluding hydrogens is 261 g/mol. The molecule has 0 saturated carbocycles. The van der Waals surface area contributed by atoms with Gasteiger partial charge in [-0.25, -0.2) is 4.39 Å². The highest BCUT2D eigenvalue weighted by atomic mass is 32.1. The van der Waals surface area contributed by atoms with Crippen molar-refractivity contribution in [3.8, 4) is 5.75 Å². The summed E-state index contributed by atoms with van der Waals surface area (Å²) in [6.07, 6.45) is 0.824. The van der Waals surface area contributed by atoms with Crippen LogP contribution in [0.2, 0.25) is 0 Å². The lowest BCUT2D eigenvalue weighted by atomic mass is 10.0. The number of methoxy groups -OCH3 is 1. The monoisotopic (exact) mass is 279 g/mol. The fourth-order valence-corrected chi connectivity index (χ4v) is 3.03. The maximum Gasteiger partial charge on any atom is 0.134 e. The molecule has 0 bridgehead atoms. The normalized spacial score (nSPS) is 12.4. The summed E-state index contributed by atoms with van der Waals surface area (Å²) in [6, 6.07) is 8.85. The summed E-state index contributed by atoms with van der Waals surface area (Å²) in [7, 11) is 1.69. The van der Waals surface area contributed by atoms with Gasteiger partial charge in [-0.1, -0.05) is 19.1 Å². The quantitative estimate of drug-likeness (QED) is 0.868. The van der Waals surface area contributed by atoms with Crippen LogP contribution in [-0.4, -0.2) is 13.7 Å². The van der Waals surface area contributed by atoms with E-state index in [2.05, 4.69) is 12.2 Å². The Hall–Kier alpha value is -1.39. The van der Waals surface area contributed by atoms with E-state index in [0.717, 1.165) is 24.3 Å². The van der Waals surface area contributed by atoms with Crippen LogP contribution in [0.3, 0.4) is 0 Å². The lowest BCUT2D eigenvalue weighted by Gasteiger charge is -2.18. The molecule has 19 heavy (non-hydrogen) atoms. The lowest BCUT2D eigenvalue weighted by molar-refractivity contribution is 0.403. The van der Waals surface area contributed by atoms with E-state index in [1.54, 1.807) is 18.4 Å². The first kappa shape index (κ1) is 14.0. The Morgan fingerprint density at radius 1 is 1.26 bits per heavy atom. The van der Waals surface area contributed by atoms with Crippen LogP contribution in [0.25, 0.3) is 0 Å². The third-order valence-corrected chi connectivity index (χ3v) is 4.01. The van der Waals surface area contributed by atoms with Gasteiger partial charge in [-0.2, -0.15) is 0 Å². The number of ether oxygens (including phenoxy) is 1. The van der Waals surface area contributed by atoms with E-state index in [9.17, 15) is 4.39 Å². The van der Waals surface area contributed by atoms with Gasteiger partial charge in [-0.15, -0.1) is 11.3 Å². The molecule has 2 rings (SSSR count). The van der Waals surface area contributed by atoms with Crippen molar-refractivity contribution in [1.29, 1.82) is 0 Å². The highest BCUT2D eigenvalue weighted by Gasteiger charge is 2.17. The van der Waals surface area contributed by atoms with Gasteiger partial charge in [0.25, 0.3) is 0 Å². The number of likely N-dealkylation sites (N-methyl/N-ethyl adjacent to an activating group) is 1. The van der Waals surface area contributed by atoms with Crippen LogP contribution in [0, 0.1) is 5.82 Å².